The van der Waals surface area contributed by atoms with Gasteiger partial charge in [-0.2, -0.15) is 0 Å². The third-order valence-corrected chi connectivity index (χ3v) is 4.38. The van der Waals surface area contributed by atoms with Crippen molar-refractivity contribution < 1.29 is 4.79 Å². The van der Waals surface area contributed by atoms with Crippen LogP contribution in [-0.4, -0.2) is 6.29 Å². The number of aldehydes is 1. The maximum Gasteiger partial charge on any atom is 0.145 e. The largest absolute Gasteiger partial charge is 0.298 e. The van der Waals surface area contributed by atoms with E-state index < -0.39 is 0 Å². The van der Waals surface area contributed by atoms with Gasteiger partial charge in [-0.15, -0.1) is 0 Å². The zero-order valence-corrected chi connectivity index (χ0v) is 14.0. The van der Waals surface area contributed by atoms with E-state index in [1.165, 1.54) is 16.7 Å². The molecule has 0 bridgehead atoms. The minimum absolute atomic E-state index is 0.293. The Kier molecular flexibility index (Phi) is 8.04. The van der Waals surface area contributed by atoms with Crippen molar-refractivity contribution in [2.45, 2.75) is 65.7 Å². The first kappa shape index (κ1) is 17.7. The smallest absolute Gasteiger partial charge is 0.145 e. The lowest BCUT2D eigenvalue weighted by atomic mass is 9.89. The fourth-order valence-corrected chi connectivity index (χ4v) is 2.69. The Balaban J connectivity index is 2.82. The third-order valence-electron chi connectivity index (χ3n) is 4.38. The molecule has 0 aliphatic heterocycles. The Hall–Kier alpha value is -1.37. The summed E-state index contributed by atoms with van der Waals surface area (Å²) in [7, 11) is 0. The first-order valence-corrected chi connectivity index (χ1v) is 8.13. The van der Waals surface area contributed by atoms with Crippen LogP contribution in [0, 0.1) is 5.92 Å². The lowest BCUT2D eigenvalue weighted by Crippen LogP contribution is -2.04. The summed E-state index contributed by atoms with van der Waals surface area (Å²) in [6.07, 6.45) is 15.5. The number of rotatable bonds is 2. The van der Waals surface area contributed by atoms with Crippen LogP contribution in [0.25, 0.3) is 0 Å². The van der Waals surface area contributed by atoms with Crippen molar-refractivity contribution in [3.8, 4) is 0 Å². The van der Waals surface area contributed by atoms with Crippen LogP contribution in [-0.2, 0) is 4.79 Å². The van der Waals surface area contributed by atoms with Crippen LogP contribution in [0.1, 0.15) is 65.7 Å². The van der Waals surface area contributed by atoms with Crippen molar-refractivity contribution in [3.05, 3.63) is 47.1 Å². The molecule has 0 spiro atoms. The predicted molar refractivity (Wildman–Crippen MR) is 92.3 cm³/mol. The first-order valence-electron chi connectivity index (χ1n) is 8.13. The highest BCUT2D eigenvalue weighted by Crippen LogP contribution is 2.24. The summed E-state index contributed by atoms with van der Waals surface area (Å²) in [4.78, 5) is 11.0. The number of allylic oxidation sites excluding steroid dienone is 7. The number of hydrogen-bond acceptors (Lipinski definition) is 1. The molecule has 0 saturated carbocycles. The molecule has 0 radical (unpaired) electrons. The highest BCUT2D eigenvalue weighted by molar-refractivity contribution is 5.72. The minimum Gasteiger partial charge on any atom is -0.298 e. The van der Waals surface area contributed by atoms with Crippen molar-refractivity contribution in [1.82, 2.24) is 0 Å². The van der Waals surface area contributed by atoms with Gasteiger partial charge in [0, 0.05) is 0 Å². The molecule has 0 amide bonds. The molecule has 0 saturated heterocycles. The molecule has 0 aromatic carbocycles. The fraction of sp³-hybridized carbons (Fsp3) is 0.550. The third kappa shape index (κ3) is 7.27. The van der Waals surface area contributed by atoms with Gasteiger partial charge in [0.1, 0.15) is 6.29 Å². The van der Waals surface area contributed by atoms with Crippen molar-refractivity contribution in [1.29, 1.82) is 0 Å². The van der Waals surface area contributed by atoms with Gasteiger partial charge in [-0.1, -0.05) is 41.5 Å². The molecule has 116 valence electrons. The monoisotopic (exact) mass is 286 g/mol. The molecule has 0 aromatic rings. The van der Waals surface area contributed by atoms with Gasteiger partial charge in [0.25, 0.3) is 0 Å². The molecular weight excluding hydrogens is 256 g/mol. The molecule has 0 heterocycles. The quantitative estimate of drug-likeness (QED) is 0.349. The summed E-state index contributed by atoms with van der Waals surface area (Å²) in [5.41, 5.74) is 5.10. The lowest BCUT2D eigenvalue weighted by molar-refractivity contribution is -0.105. The first-order chi connectivity index (χ1) is 10.0. The lowest BCUT2D eigenvalue weighted by Gasteiger charge is -2.15. The highest BCUT2D eigenvalue weighted by atomic mass is 16.1. The second kappa shape index (κ2) is 9.55. The van der Waals surface area contributed by atoms with Crippen LogP contribution in [0.3, 0.4) is 0 Å². The Morgan fingerprint density at radius 1 is 1.00 bits per heavy atom. The predicted octanol–water partition coefficient (Wildman–Crippen LogP) is 5.94. The second-order valence-electron chi connectivity index (χ2n) is 6.39. The van der Waals surface area contributed by atoms with E-state index in [0.717, 1.165) is 56.8 Å². The second-order valence-corrected chi connectivity index (χ2v) is 6.39. The fourth-order valence-electron chi connectivity index (χ4n) is 2.69. The minimum atomic E-state index is 0.293. The van der Waals surface area contributed by atoms with E-state index in [2.05, 4.69) is 45.6 Å². The molecule has 1 rings (SSSR count). The van der Waals surface area contributed by atoms with Crippen LogP contribution in [0.5, 0.6) is 0 Å². The normalized spacial score (nSPS) is 29.9. The number of carbonyl (C=O) groups is 1. The van der Waals surface area contributed by atoms with Gasteiger partial charge < -0.3 is 0 Å². The maximum absolute atomic E-state index is 11.0. The molecule has 1 nitrogen and oxygen atoms in total. The average molecular weight is 286 g/mol. The molecule has 21 heavy (non-hydrogen) atoms. The Morgan fingerprint density at radius 2 is 1.52 bits per heavy atom. The van der Waals surface area contributed by atoms with E-state index in [1.54, 1.807) is 0 Å². The van der Waals surface area contributed by atoms with Gasteiger partial charge in [-0.3, -0.25) is 4.79 Å². The van der Waals surface area contributed by atoms with Crippen molar-refractivity contribution >= 4 is 6.29 Å². The van der Waals surface area contributed by atoms with Crippen LogP contribution in [0.2, 0.25) is 0 Å². The molecule has 1 aliphatic carbocycles. The zero-order chi connectivity index (χ0) is 15.7. The average Bonchev–Trinajstić information content (AvgIpc) is 2.45. The van der Waals surface area contributed by atoms with Crippen molar-refractivity contribution in [3.63, 3.8) is 0 Å². The number of hydrogen-bond donors (Lipinski definition) is 0. The zero-order valence-electron chi connectivity index (χ0n) is 14.0. The van der Waals surface area contributed by atoms with Crippen molar-refractivity contribution in [2.24, 2.45) is 5.92 Å². The SMILES string of the molecule is C=C(C=O)[C@H]1C/C=C(\C)CC/C=C(\C)CC/C=C(/C)CC1. The van der Waals surface area contributed by atoms with Crippen molar-refractivity contribution in [2.75, 3.05) is 0 Å². The van der Waals surface area contributed by atoms with E-state index >= 15 is 0 Å². The molecule has 0 fully saturated rings. The summed E-state index contributed by atoms with van der Waals surface area (Å²) in [5.74, 6) is 0.293. The molecule has 0 unspecified atom stereocenters. The van der Waals surface area contributed by atoms with E-state index in [9.17, 15) is 4.79 Å². The van der Waals surface area contributed by atoms with Gasteiger partial charge >= 0.3 is 0 Å². The van der Waals surface area contributed by atoms with Crippen LogP contribution in [0.15, 0.2) is 47.1 Å². The van der Waals surface area contributed by atoms with Gasteiger partial charge in [0.05, 0.1) is 0 Å². The van der Waals surface area contributed by atoms with Gasteiger partial charge in [0.15, 0.2) is 0 Å². The maximum atomic E-state index is 11.0. The summed E-state index contributed by atoms with van der Waals surface area (Å²) < 4.78 is 0. The van der Waals surface area contributed by atoms with Crippen LogP contribution < -0.4 is 0 Å². The van der Waals surface area contributed by atoms with E-state index in [1.807, 2.05) is 0 Å². The summed E-state index contributed by atoms with van der Waals surface area (Å²) in [6.45, 7) is 10.6. The highest BCUT2D eigenvalue weighted by Gasteiger charge is 2.11. The van der Waals surface area contributed by atoms with Gasteiger partial charge in [-0.25, -0.2) is 0 Å². The summed E-state index contributed by atoms with van der Waals surface area (Å²) in [5, 5.41) is 0. The van der Waals surface area contributed by atoms with E-state index in [-0.39, 0.29) is 0 Å². The molecule has 0 aromatic heterocycles. The summed E-state index contributed by atoms with van der Waals surface area (Å²) >= 11 is 0. The molecule has 1 aliphatic rings. The van der Waals surface area contributed by atoms with E-state index in [4.69, 9.17) is 0 Å². The van der Waals surface area contributed by atoms with E-state index in [0.29, 0.717) is 5.92 Å². The molecule has 1 heteroatoms. The Morgan fingerprint density at radius 3 is 2.10 bits per heavy atom. The summed E-state index contributed by atoms with van der Waals surface area (Å²) in [6, 6.07) is 0. The Labute approximate surface area is 130 Å². The molecule has 1 atom stereocenters. The van der Waals surface area contributed by atoms with Gasteiger partial charge in [-0.05, 0) is 77.2 Å². The Bertz CT molecular complexity index is 448. The molecule has 0 N–H and O–H groups in total. The standard InChI is InChI=1S/C20H30O/c1-16-7-5-9-17(2)11-13-20(19(4)15-21)14-12-18(3)10-6-8-16/h7,10-11,15,20H,4-6,8-9,12-14H2,1-3H3/b16-7+,17-11+,18-10-/t20-/m0/s1. The number of carbonyl (C=O) groups excluding carboxylic acids is 1. The topological polar surface area (TPSA) is 17.1 Å². The van der Waals surface area contributed by atoms with Crippen LogP contribution in [0.4, 0.5) is 0 Å². The molecular formula is C20H30O. The van der Waals surface area contributed by atoms with Gasteiger partial charge in [0.2, 0.25) is 0 Å². The van der Waals surface area contributed by atoms with Crippen LogP contribution >= 0.6 is 0 Å².